The maximum atomic E-state index is 5.93. The second-order valence-electron chi connectivity index (χ2n) is 3.46. The van der Waals surface area contributed by atoms with Crippen molar-refractivity contribution in [1.82, 2.24) is 9.78 Å². The van der Waals surface area contributed by atoms with Gasteiger partial charge in [-0.2, -0.15) is 5.10 Å². The Kier molecular flexibility index (Phi) is 2.93. The summed E-state index contributed by atoms with van der Waals surface area (Å²) in [6, 6.07) is 5.80. The molecule has 0 spiro atoms. The average molecular weight is 224 g/mol. The highest BCUT2D eigenvalue weighted by Gasteiger charge is 2.09. The van der Waals surface area contributed by atoms with Crippen molar-refractivity contribution in [1.29, 1.82) is 0 Å². The van der Waals surface area contributed by atoms with Crippen LogP contribution >= 0.6 is 11.6 Å². The van der Waals surface area contributed by atoms with Crippen molar-refractivity contribution < 1.29 is 0 Å². The lowest BCUT2D eigenvalue weighted by Gasteiger charge is -2.02. The first-order chi connectivity index (χ1) is 7.26. The van der Waals surface area contributed by atoms with Crippen molar-refractivity contribution in [2.75, 3.05) is 6.54 Å². The molecule has 15 heavy (non-hydrogen) atoms. The van der Waals surface area contributed by atoms with E-state index >= 15 is 0 Å². The molecule has 0 atom stereocenters. The van der Waals surface area contributed by atoms with Gasteiger partial charge in [0.1, 0.15) is 0 Å². The molecule has 4 heteroatoms. The third-order valence-corrected chi connectivity index (χ3v) is 2.73. The lowest BCUT2D eigenvalue weighted by Crippen LogP contribution is -2.09. The van der Waals surface area contributed by atoms with E-state index in [9.17, 15) is 0 Å². The number of nitrogens with zero attached hydrogens (tertiary/aromatic N) is 2. The molecule has 2 rings (SSSR count). The summed E-state index contributed by atoms with van der Waals surface area (Å²) in [7, 11) is 0. The number of aromatic nitrogens is 2. The fourth-order valence-corrected chi connectivity index (χ4v) is 1.99. The van der Waals surface area contributed by atoms with Crippen LogP contribution in [-0.4, -0.2) is 16.3 Å². The van der Waals surface area contributed by atoms with Gasteiger partial charge in [0.05, 0.1) is 5.52 Å². The van der Waals surface area contributed by atoms with Gasteiger partial charge in [-0.05, 0) is 31.7 Å². The van der Waals surface area contributed by atoms with Crippen LogP contribution in [0.15, 0.2) is 18.2 Å². The average Bonchev–Trinajstić information content (AvgIpc) is 2.56. The summed E-state index contributed by atoms with van der Waals surface area (Å²) in [6.07, 6.45) is 0.853. The predicted octanol–water partition coefficient (Wildman–Crippen LogP) is 2.21. The van der Waals surface area contributed by atoms with Crippen LogP contribution in [0, 0.1) is 0 Å². The quantitative estimate of drug-likeness (QED) is 0.867. The van der Waals surface area contributed by atoms with E-state index in [1.807, 2.05) is 22.9 Å². The van der Waals surface area contributed by atoms with E-state index in [1.165, 1.54) is 5.69 Å². The van der Waals surface area contributed by atoms with Crippen LogP contribution in [-0.2, 0) is 13.0 Å². The molecular formula is C11H14ClN3. The van der Waals surface area contributed by atoms with Crippen LogP contribution < -0.4 is 5.73 Å². The van der Waals surface area contributed by atoms with Crippen LogP contribution in [0.25, 0.3) is 10.9 Å². The molecule has 0 aliphatic rings. The molecule has 2 N–H and O–H groups in total. The zero-order chi connectivity index (χ0) is 10.8. The largest absolute Gasteiger partial charge is 0.330 e. The first-order valence-electron chi connectivity index (χ1n) is 5.11. The maximum absolute atomic E-state index is 5.93. The summed E-state index contributed by atoms with van der Waals surface area (Å²) in [6.45, 7) is 3.58. The minimum absolute atomic E-state index is 0.642. The topological polar surface area (TPSA) is 43.8 Å². The SMILES string of the molecule is CCn1nc2cc(Cl)ccc2c1CCN. The normalized spacial score (nSPS) is 11.1. The van der Waals surface area contributed by atoms with Gasteiger partial charge < -0.3 is 5.73 Å². The lowest BCUT2D eigenvalue weighted by molar-refractivity contribution is 0.628. The monoisotopic (exact) mass is 223 g/mol. The van der Waals surface area contributed by atoms with Crippen molar-refractivity contribution in [2.24, 2.45) is 5.73 Å². The molecule has 0 radical (unpaired) electrons. The van der Waals surface area contributed by atoms with E-state index in [0.717, 1.165) is 28.9 Å². The number of halogens is 1. The molecule has 0 saturated heterocycles. The predicted molar refractivity (Wildman–Crippen MR) is 63.2 cm³/mol. The van der Waals surface area contributed by atoms with Gasteiger partial charge in [-0.15, -0.1) is 0 Å². The summed E-state index contributed by atoms with van der Waals surface area (Å²) < 4.78 is 1.99. The third kappa shape index (κ3) is 1.85. The minimum Gasteiger partial charge on any atom is -0.330 e. The summed E-state index contributed by atoms with van der Waals surface area (Å²) in [5.74, 6) is 0. The molecule has 1 aromatic carbocycles. The number of hydrogen-bond acceptors (Lipinski definition) is 2. The molecule has 0 aliphatic heterocycles. The van der Waals surface area contributed by atoms with E-state index in [2.05, 4.69) is 12.0 Å². The Morgan fingerprint density at radius 3 is 2.93 bits per heavy atom. The summed E-state index contributed by atoms with van der Waals surface area (Å²) >= 11 is 5.93. The highest BCUT2D eigenvalue weighted by atomic mass is 35.5. The van der Waals surface area contributed by atoms with Crippen LogP contribution in [0.2, 0.25) is 5.02 Å². The number of nitrogens with two attached hydrogens (primary N) is 1. The fourth-order valence-electron chi connectivity index (χ4n) is 1.82. The standard InChI is InChI=1S/C11H14ClN3/c1-2-15-11(5-6-13)9-4-3-8(12)7-10(9)14-15/h3-4,7H,2,5-6,13H2,1H3. The van der Waals surface area contributed by atoms with Crippen molar-refractivity contribution in [3.63, 3.8) is 0 Å². The van der Waals surface area contributed by atoms with E-state index < -0.39 is 0 Å². The van der Waals surface area contributed by atoms with Crippen molar-refractivity contribution in [3.05, 3.63) is 28.9 Å². The summed E-state index contributed by atoms with van der Waals surface area (Å²) in [5.41, 5.74) is 7.75. The van der Waals surface area contributed by atoms with E-state index in [0.29, 0.717) is 6.54 Å². The highest BCUT2D eigenvalue weighted by molar-refractivity contribution is 6.31. The van der Waals surface area contributed by atoms with Gasteiger partial charge in [0.25, 0.3) is 0 Å². The van der Waals surface area contributed by atoms with Crippen LogP contribution in [0.4, 0.5) is 0 Å². The molecular weight excluding hydrogens is 210 g/mol. The first kappa shape index (κ1) is 10.5. The molecule has 80 valence electrons. The molecule has 0 unspecified atom stereocenters. The Morgan fingerprint density at radius 1 is 1.47 bits per heavy atom. The molecule has 0 amide bonds. The Morgan fingerprint density at radius 2 is 2.27 bits per heavy atom. The second kappa shape index (κ2) is 4.21. The van der Waals surface area contributed by atoms with Gasteiger partial charge >= 0.3 is 0 Å². The Labute approximate surface area is 93.8 Å². The summed E-state index contributed by atoms with van der Waals surface area (Å²) in [4.78, 5) is 0. The zero-order valence-corrected chi connectivity index (χ0v) is 9.46. The van der Waals surface area contributed by atoms with Gasteiger partial charge in [0.15, 0.2) is 0 Å². The van der Waals surface area contributed by atoms with Gasteiger partial charge in [0.2, 0.25) is 0 Å². The minimum atomic E-state index is 0.642. The van der Waals surface area contributed by atoms with Crippen LogP contribution in [0.3, 0.4) is 0 Å². The number of hydrogen-bond donors (Lipinski definition) is 1. The van der Waals surface area contributed by atoms with E-state index in [-0.39, 0.29) is 0 Å². The molecule has 1 heterocycles. The van der Waals surface area contributed by atoms with Crippen LogP contribution in [0.5, 0.6) is 0 Å². The Hall–Kier alpha value is -1.06. The lowest BCUT2D eigenvalue weighted by atomic mass is 10.1. The molecule has 0 bridgehead atoms. The zero-order valence-electron chi connectivity index (χ0n) is 8.70. The molecule has 0 aliphatic carbocycles. The van der Waals surface area contributed by atoms with Crippen LogP contribution in [0.1, 0.15) is 12.6 Å². The molecule has 0 fully saturated rings. The fraction of sp³-hybridized carbons (Fsp3) is 0.364. The highest BCUT2D eigenvalue weighted by Crippen LogP contribution is 2.22. The van der Waals surface area contributed by atoms with Crippen molar-refractivity contribution >= 4 is 22.5 Å². The molecule has 1 aromatic heterocycles. The third-order valence-electron chi connectivity index (χ3n) is 2.49. The number of rotatable bonds is 3. The molecule has 0 saturated carbocycles. The first-order valence-corrected chi connectivity index (χ1v) is 5.49. The van der Waals surface area contributed by atoms with Gasteiger partial charge in [0, 0.05) is 29.1 Å². The smallest absolute Gasteiger partial charge is 0.0941 e. The van der Waals surface area contributed by atoms with Crippen molar-refractivity contribution in [2.45, 2.75) is 19.9 Å². The Bertz CT molecular complexity index is 476. The maximum Gasteiger partial charge on any atom is 0.0941 e. The van der Waals surface area contributed by atoms with E-state index in [1.54, 1.807) is 0 Å². The number of benzene rings is 1. The van der Waals surface area contributed by atoms with E-state index in [4.69, 9.17) is 17.3 Å². The van der Waals surface area contributed by atoms with Gasteiger partial charge in [-0.3, -0.25) is 4.68 Å². The van der Waals surface area contributed by atoms with Crippen molar-refractivity contribution in [3.8, 4) is 0 Å². The number of aryl methyl sites for hydroxylation is 1. The van der Waals surface area contributed by atoms with Gasteiger partial charge in [-0.1, -0.05) is 11.6 Å². The molecule has 3 nitrogen and oxygen atoms in total. The number of fused-ring (bicyclic) bond motifs is 1. The Balaban J connectivity index is 2.63. The summed E-state index contributed by atoms with van der Waals surface area (Å²) in [5, 5.41) is 6.37. The van der Waals surface area contributed by atoms with Gasteiger partial charge in [-0.25, -0.2) is 0 Å². The molecule has 2 aromatic rings. The second-order valence-corrected chi connectivity index (χ2v) is 3.90.